The zero-order valence-electron chi connectivity index (χ0n) is 19.2. The Morgan fingerprint density at radius 1 is 0.412 bits per heavy atom. The van der Waals surface area contributed by atoms with Crippen molar-refractivity contribution in [2.75, 3.05) is 0 Å². The first-order valence-corrected chi connectivity index (χ1v) is 11.6. The van der Waals surface area contributed by atoms with E-state index in [1.807, 2.05) is 60.7 Å². The molecule has 0 nitrogen and oxygen atoms in total. The fourth-order valence-corrected chi connectivity index (χ4v) is 4.95. The summed E-state index contributed by atoms with van der Waals surface area (Å²) in [7, 11) is 0. The Morgan fingerprint density at radius 2 is 0.853 bits per heavy atom. The molecule has 0 aliphatic heterocycles. The smallest absolute Gasteiger partial charge is 0.0340 e. The van der Waals surface area contributed by atoms with Crippen LogP contribution in [0, 0.1) is 37.5 Å². The SMILES string of the molecule is Cc1ccc(C)c2c1-c1ccc(C#Cc3ccccc3)c3c(C#Cc4ccccc4)ccc-2c13. The van der Waals surface area contributed by atoms with Crippen LogP contribution in [0.2, 0.25) is 0 Å². The van der Waals surface area contributed by atoms with Gasteiger partial charge < -0.3 is 0 Å². The van der Waals surface area contributed by atoms with Gasteiger partial charge in [0.25, 0.3) is 0 Å². The molecule has 0 saturated heterocycles. The first-order chi connectivity index (χ1) is 16.7. The van der Waals surface area contributed by atoms with Crippen molar-refractivity contribution in [2.45, 2.75) is 13.8 Å². The summed E-state index contributed by atoms with van der Waals surface area (Å²) in [6, 6.07) is 33.6. The maximum absolute atomic E-state index is 3.46. The van der Waals surface area contributed by atoms with E-state index in [-0.39, 0.29) is 0 Å². The molecule has 0 saturated carbocycles. The van der Waals surface area contributed by atoms with Crippen molar-refractivity contribution in [1.29, 1.82) is 0 Å². The maximum atomic E-state index is 3.46. The predicted molar refractivity (Wildman–Crippen MR) is 143 cm³/mol. The van der Waals surface area contributed by atoms with E-state index in [0.29, 0.717) is 0 Å². The summed E-state index contributed by atoms with van der Waals surface area (Å²) in [6.07, 6.45) is 0. The predicted octanol–water partition coefficient (Wildman–Crippen LogP) is 7.90. The molecule has 6 rings (SSSR count). The summed E-state index contributed by atoms with van der Waals surface area (Å²) in [6.45, 7) is 4.41. The molecule has 0 heteroatoms. The molecule has 0 N–H and O–H groups in total. The highest BCUT2D eigenvalue weighted by atomic mass is 14.3. The lowest BCUT2D eigenvalue weighted by Gasteiger charge is -2.09. The molecule has 0 amide bonds. The molecule has 0 bridgehead atoms. The first kappa shape index (κ1) is 20.1. The Balaban J connectivity index is 1.65. The molecule has 0 heterocycles. The summed E-state index contributed by atoms with van der Waals surface area (Å²) in [5, 5.41) is 2.42. The van der Waals surface area contributed by atoms with Gasteiger partial charge >= 0.3 is 0 Å². The number of fused-ring (bicyclic) bond motifs is 3. The van der Waals surface area contributed by atoms with E-state index in [1.54, 1.807) is 0 Å². The number of rotatable bonds is 0. The zero-order chi connectivity index (χ0) is 23.1. The maximum Gasteiger partial charge on any atom is 0.0340 e. The van der Waals surface area contributed by atoms with Gasteiger partial charge in [0, 0.05) is 27.6 Å². The van der Waals surface area contributed by atoms with E-state index in [1.165, 1.54) is 38.8 Å². The van der Waals surface area contributed by atoms with Crippen molar-refractivity contribution in [2.24, 2.45) is 0 Å². The average molecular weight is 431 g/mol. The van der Waals surface area contributed by atoms with Crippen LogP contribution in [0.5, 0.6) is 0 Å². The van der Waals surface area contributed by atoms with E-state index < -0.39 is 0 Å². The monoisotopic (exact) mass is 430 g/mol. The molecule has 1 aliphatic rings. The quantitative estimate of drug-likeness (QED) is 0.215. The van der Waals surface area contributed by atoms with E-state index in [0.717, 1.165) is 27.6 Å². The van der Waals surface area contributed by atoms with Crippen molar-refractivity contribution < 1.29 is 0 Å². The summed E-state index contributed by atoms with van der Waals surface area (Å²) < 4.78 is 0. The summed E-state index contributed by atoms with van der Waals surface area (Å²) in [5.41, 5.74) is 11.9. The molecule has 158 valence electrons. The molecule has 0 fully saturated rings. The van der Waals surface area contributed by atoms with Crippen LogP contribution in [0.15, 0.2) is 97.1 Å². The third kappa shape index (κ3) is 3.29. The highest BCUT2D eigenvalue weighted by Gasteiger charge is 2.26. The number of hydrogen-bond acceptors (Lipinski definition) is 0. The van der Waals surface area contributed by atoms with Crippen LogP contribution >= 0.6 is 0 Å². The minimum atomic E-state index is 1.01. The number of hydrogen-bond donors (Lipinski definition) is 0. The molecular weight excluding hydrogens is 408 g/mol. The van der Waals surface area contributed by atoms with Crippen molar-refractivity contribution >= 4 is 10.8 Å². The van der Waals surface area contributed by atoms with Gasteiger partial charge in [0.2, 0.25) is 0 Å². The Labute approximate surface area is 200 Å². The minimum absolute atomic E-state index is 1.01. The molecule has 34 heavy (non-hydrogen) atoms. The van der Waals surface area contributed by atoms with Crippen LogP contribution in [-0.4, -0.2) is 0 Å². The van der Waals surface area contributed by atoms with Crippen LogP contribution in [0.25, 0.3) is 33.0 Å². The minimum Gasteiger partial charge on any atom is -0.0622 e. The highest BCUT2D eigenvalue weighted by molar-refractivity contribution is 6.19. The van der Waals surface area contributed by atoms with Gasteiger partial charge in [-0.05, 0) is 89.0 Å². The Morgan fingerprint density at radius 3 is 1.29 bits per heavy atom. The fourth-order valence-electron chi connectivity index (χ4n) is 4.95. The van der Waals surface area contributed by atoms with Crippen LogP contribution in [0.3, 0.4) is 0 Å². The standard InChI is InChI=1S/C34H22/c1-23-13-14-24(2)32-30-22-20-28(18-16-26-11-7-4-8-12-26)33-27(17-15-25-9-5-3-6-10-25)19-21-29(31(23)32)34(30)33/h3-14,19-22H,1-2H3. The number of benzene rings is 5. The zero-order valence-corrected chi connectivity index (χ0v) is 19.2. The van der Waals surface area contributed by atoms with Gasteiger partial charge in [-0.3, -0.25) is 0 Å². The van der Waals surface area contributed by atoms with Crippen LogP contribution in [-0.2, 0) is 0 Å². The summed E-state index contributed by atoms with van der Waals surface area (Å²) in [5.74, 6) is 13.6. The van der Waals surface area contributed by atoms with Crippen molar-refractivity contribution in [3.05, 3.63) is 130 Å². The van der Waals surface area contributed by atoms with Crippen molar-refractivity contribution in [1.82, 2.24) is 0 Å². The van der Waals surface area contributed by atoms with Crippen LogP contribution in [0.4, 0.5) is 0 Å². The summed E-state index contributed by atoms with van der Waals surface area (Å²) in [4.78, 5) is 0. The van der Waals surface area contributed by atoms with Crippen molar-refractivity contribution in [3.8, 4) is 45.9 Å². The second-order valence-electron chi connectivity index (χ2n) is 8.75. The Hall–Kier alpha value is -4.52. The second kappa shape index (κ2) is 8.12. The Bertz CT molecular complexity index is 1570. The molecule has 5 aromatic carbocycles. The van der Waals surface area contributed by atoms with Gasteiger partial charge in [-0.25, -0.2) is 0 Å². The molecule has 1 aliphatic carbocycles. The van der Waals surface area contributed by atoms with E-state index in [4.69, 9.17) is 0 Å². The molecule has 0 atom stereocenters. The lowest BCUT2D eigenvalue weighted by Crippen LogP contribution is -1.88. The van der Waals surface area contributed by atoms with Gasteiger partial charge in [0.15, 0.2) is 0 Å². The highest BCUT2D eigenvalue weighted by Crippen LogP contribution is 2.51. The normalized spacial score (nSPS) is 10.8. The lowest BCUT2D eigenvalue weighted by atomic mass is 9.94. The van der Waals surface area contributed by atoms with Gasteiger partial charge in [0.05, 0.1) is 0 Å². The molecule has 0 unspecified atom stereocenters. The fraction of sp³-hybridized carbons (Fsp3) is 0.0588. The van der Waals surface area contributed by atoms with Gasteiger partial charge in [-0.1, -0.05) is 84.3 Å². The third-order valence-electron chi connectivity index (χ3n) is 6.55. The van der Waals surface area contributed by atoms with E-state index >= 15 is 0 Å². The van der Waals surface area contributed by atoms with Gasteiger partial charge in [-0.15, -0.1) is 0 Å². The van der Waals surface area contributed by atoms with E-state index in [2.05, 4.69) is 73.9 Å². The van der Waals surface area contributed by atoms with E-state index in [9.17, 15) is 0 Å². The van der Waals surface area contributed by atoms with Gasteiger partial charge in [-0.2, -0.15) is 0 Å². The average Bonchev–Trinajstić information content (AvgIpc) is 3.23. The molecule has 5 aromatic rings. The van der Waals surface area contributed by atoms with Gasteiger partial charge in [0.1, 0.15) is 0 Å². The molecule has 0 spiro atoms. The van der Waals surface area contributed by atoms with Crippen LogP contribution in [0.1, 0.15) is 33.4 Å². The largest absolute Gasteiger partial charge is 0.0622 e. The second-order valence-corrected chi connectivity index (χ2v) is 8.75. The topological polar surface area (TPSA) is 0 Å². The first-order valence-electron chi connectivity index (χ1n) is 11.6. The molecule has 0 radical (unpaired) electrons. The number of aryl methyl sites for hydroxylation is 2. The summed E-state index contributed by atoms with van der Waals surface area (Å²) >= 11 is 0. The van der Waals surface area contributed by atoms with Crippen molar-refractivity contribution in [3.63, 3.8) is 0 Å². The van der Waals surface area contributed by atoms with Crippen LogP contribution < -0.4 is 0 Å². The third-order valence-corrected chi connectivity index (χ3v) is 6.55. The Kier molecular flexibility index (Phi) is 4.80. The lowest BCUT2D eigenvalue weighted by molar-refractivity contribution is 1.41. The molecular formula is C34H22. The molecule has 0 aromatic heterocycles.